The molecule has 0 aliphatic heterocycles. The minimum atomic E-state index is -0.161. The highest BCUT2D eigenvalue weighted by atomic mass is 16.3. The highest BCUT2D eigenvalue weighted by Gasteiger charge is 2.06. The lowest BCUT2D eigenvalue weighted by Gasteiger charge is -2.23. The van der Waals surface area contributed by atoms with Crippen molar-refractivity contribution in [3.8, 4) is 0 Å². The summed E-state index contributed by atoms with van der Waals surface area (Å²) in [5, 5.41) is 14.0. The standard InChI is InChI=1S/C11H25N3O2/c1-4-10(2)14(3)8-7-13-11(16)12-6-5-9-15/h10,15H,4-9H2,1-3H3,(H2,12,13,16). The molecule has 0 aliphatic rings. The van der Waals surface area contributed by atoms with Gasteiger partial charge in [0.2, 0.25) is 0 Å². The Hall–Kier alpha value is -0.810. The van der Waals surface area contributed by atoms with Gasteiger partial charge in [-0.3, -0.25) is 0 Å². The van der Waals surface area contributed by atoms with Gasteiger partial charge in [-0.05, 0) is 26.8 Å². The number of carbonyl (C=O) groups is 1. The molecule has 0 aromatic carbocycles. The second kappa shape index (κ2) is 9.42. The number of nitrogens with zero attached hydrogens (tertiary/aromatic N) is 1. The maximum absolute atomic E-state index is 11.2. The number of aliphatic hydroxyl groups is 1. The molecule has 16 heavy (non-hydrogen) atoms. The zero-order valence-electron chi connectivity index (χ0n) is 10.6. The molecule has 5 nitrogen and oxygen atoms in total. The number of urea groups is 1. The van der Waals surface area contributed by atoms with Crippen molar-refractivity contribution in [2.45, 2.75) is 32.7 Å². The van der Waals surface area contributed by atoms with Crippen molar-refractivity contribution in [3.05, 3.63) is 0 Å². The Morgan fingerprint density at radius 2 is 2.00 bits per heavy atom. The van der Waals surface area contributed by atoms with Gasteiger partial charge in [-0.1, -0.05) is 6.92 Å². The fourth-order valence-corrected chi connectivity index (χ4v) is 1.22. The topological polar surface area (TPSA) is 64.6 Å². The van der Waals surface area contributed by atoms with E-state index in [1.165, 1.54) is 0 Å². The molecule has 96 valence electrons. The molecule has 1 atom stereocenters. The van der Waals surface area contributed by atoms with Crippen molar-refractivity contribution < 1.29 is 9.90 Å². The van der Waals surface area contributed by atoms with Gasteiger partial charge in [-0.15, -0.1) is 0 Å². The van der Waals surface area contributed by atoms with Gasteiger partial charge in [-0.2, -0.15) is 0 Å². The Morgan fingerprint density at radius 1 is 1.38 bits per heavy atom. The maximum atomic E-state index is 11.2. The van der Waals surface area contributed by atoms with E-state index in [4.69, 9.17) is 5.11 Å². The Balaban J connectivity index is 3.46. The first-order chi connectivity index (χ1) is 7.61. The molecule has 1 unspecified atom stereocenters. The van der Waals surface area contributed by atoms with Gasteiger partial charge >= 0.3 is 6.03 Å². The molecule has 0 saturated heterocycles. The van der Waals surface area contributed by atoms with Gasteiger partial charge in [0.1, 0.15) is 0 Å². The van der Waals surface area contributed by atoms with Gasteiger partial charge in [-0.25, -0.2) is 4.79 Å². The van der Waals surface area contributed by atoms with Crippen LogP contribution in [0.3, 0.4) is 0 Å². The molecule has 0 radical (unpaired) electrons. The van der Waals surface area contributed by atoms with Crippen LogP contribution < -0.4 is 10.6 Å². The SMILES string of the molecule is CCC(C)N(C)CCNC(=O)NCCCO. The molecule has 3 N–H and O–H groups in total. The fraction of sp³-hybridized carbons (Fsp3) is 0.909. The van der Waals surface area contributed by atoms with Gasteiger partial charge < -0.3 is 20.6 Å². The lowest BCUT2D eigenvalue weighted by molar-refractivity contribution is 0.228. The van der Waals surface area contributed by atoms with E-state index in [1.54, 1.807) is 0 Å². The summed E-state index contributed by atoms with van der Waals surface area (Å²) in [4.78, 5) is 13.4. The third-order valence-electron chi connectivity index (χ3n) is 2.71. The molecule has 0 rings (SSSR count). The van der Waals surface area contributed by atoms with Crippen molar-refractivity contribution in [2.75, 3.05) is 33.3 Å². The Kier molecular flexibility index (Phi) is 8.94. The van der Waals surface area contributed by atoms with Crippen LogP contribution in [0.5, 0.6) is 0 Å². The maximum Gasteiger partial charge on any atom is 0.314 e. The first-order valence-electron chi connectivity index (χ1n) is 5.94. The van der Waals surface area contributed by atoms with E-state index in [0.717, 1.165) is 13.0 Å². The van der Waals surface area contributed by atoms with Crippen LogP contribution in [-0.2, 0) is 0 Å². The number of nitrogens with one attached hydrogen (secondary N) is 2. The second-order valence-corrected chi connectivity index (χ2v) is 4.00. The third kappa shape index (κ3) is 7.48. The quantitative estimate of drug-likeness (QED) is 0.530. The van der Waals surface area contributed by atoms with E-state index in [2.05, 4.69) is 36.4 Å². The van der Waals surface area contributed by atoms with Crippen molar-refractivity contribution in [1.29, 1.82) is 0 Å². The van der Waals surface area contributed by atoms with E-state index in [0.29, 0.717) is 25.6 Å². The summed E-state index contributed by atoms with van der Waals surface area (Å²) >= 11 is 0. The van der Waals surface area contributed by atoms with Crippen LogP contribution in [0.25, 0.3) is 0 Å². The number of carbonyl (C=O) groups excluding carboxylic acids is 1. The predicted octanol–water partition coefficient (Wildman–Crippen LogP) is 0.398. The number of amides is 2. The molecular weight excluding hydrogens is 206 g/mol. The summed E-state index contributed by atoms with van der Waals surface area (Å²) in [6.45, 7) is 6.44. The van der Waals surface area contributed by atoms with Crippen LogP contribution in [0.2, 0.25) is 0 Å². The van der Waals surface area contributed by atoms with Crippen LogP contribution in [0.15, 0.2) is 0 Å². The lowest BCUT2D eigenvalue weighted by atomic mass is 10.2. The first-order valence-corrected chi connectivity index (χ1v) is 5.94. The van der Waals surface area contributed by atoms with Crippen molar-refractivity contribution in [2.24, 2.45) is 0 Å². The molecule has 0 aromatic heterocycles. The van der Waals surface area contributed by atoms with Crippen LogP contribution in [0, 0.1) is 0 Å². The van der Waals surface area contributed by atoms with Crippen molar-refractivity contribution in [1.82, 2.24) is 15.5 Å². The van der Waals surface area contributed by atoms with Gasteiger partial charge in [0.25, 0.3) is 0 Å². The van der Waals surface area contributed by atoms with Crippen molar-refractivity contribution in [3.63, 3.8) is 0 Å². The molecule has 0 heterocycles. The van der Waals surface area contributed by atoms with E-state index < -0.39 is 0 Å². The third-order valence-corrected chi connectivity index (χ3v) is 2.71. The summed E-state index contributed by atoms with van der Waals surface area (Å²) < 4.78 is 0. The average Bonchev–Trinajstić information content (AvgIpc) is 2.28. The minimum Gasteiger partial charge on any atom is -0.396 e. The molecular formula is C11H25N3O2. The van der Waals surface area contributed by atoms with E-state index in [-0.39, 0.29) is 12.6 Å². The summed E-state index contributed by atoms with van der Waals surface area (Å²) in [6.07, 6.45) is 1.71. The number of hydrogen-bond donors (Lipinski definition) is 3. The summed E-state index contributed by atoms with van der Waals surface area (Å²) in [6, 6.07) is 0.380. The van der Waals surface area contributed by atoms with Gasteiger partial charge in [0.15, 0.2) is 0 Å². The molecule has 0 spiro atoms. The number of likely N-dealkylation sites (N-methyl/N-ethyl adjacent to an activating group) is 1. The monoisotopic (exact) mass is 231 g/mol. The van der Waals surface area contributed by atoms with Crippen LogP contribution >= 0.6 is 0 Å². The molecule has 0 aliphatic carbocycles. The summed E-state index contributed by atoms with van der Waals surface area (Å²) in [7, 11) is 2.06. The number of rotatable bonds is 8. The Labute approximate surface area is 98.2 Å². The van der Waals surface area contributed by atoms with Crippen LogP contribution in [0.1, 0.15) is 26.7 Å². The summed E-state index contributed by atoms with van der Waals surface area (Å²) in [5.74, 6) is 0. The predicted molar refractivity (Wildman–Crippen MR) is 65.5 cm³/mol. The number of hydrogen-bond acceptors (Lipinski definition) is 3. The first kappa shape index (κ1) is 15.2. The lowest BCUT2D eigenvalue weighted by Crippen LogP contribution is -2.41. The normalized spacial score (nSPS) is 12.6. The van der Waals surface area contributed by atoms with Crippen molar-refractivity contribution >= 4 is 6.03 Å². The van der Waals surface area contributed by atoms with E-state index in [1.807, 2.05) is 0 Å². The van der Waals surface area contributed by atoms with E-state index in [9.17, 15) is 4.79 Å². The highest BCUT2D eigenvalue weighted by Crippen LogP contribution is 1.97. The van der Waals surface area contributed by atoms with Gasteiger partial charge in [0, 0.05) is 32.3 Å². The average molecular weight is 231 g/mol. The Morgan fingerprint density at radius 3 is 2.56 bits per heavy atom. The van der Waals surface area contributed by atoms with Crippen LogP contribution in [0.4, 0.5) is 4.79 Å². The molecule has 0 bridgehead atoms. The second-order valence-electron chi connectivity index (χ2n) is 4.00. The molecule has 2 amide bonds. The molecule has 0 saturated carbocycles. The minimum absolute atomic E-state index is 0.108. The zero-order chi connectivity index (χ0) is 12.4. The molecule has 0 fully saturated rings. The highest BCUT2D eigenvalue weighted by molar-refractivity contribution is 5.73. The smallest absolute Gasteiger partial charge is 0.314 e. The molecule has 5 heteroatoms. The zero-order valence-corrected chi connectivity index (χ0v) is 10.6. The van der Waals surface area contributed by atoms with E-state index >= 15 is 0 Å². The Bertz CT molecular complexity index is 188. The molecule has 0 aromatic rings. The van der Waals surface area contributed by atoms with Gasteiger partial charge in [0.05, 0.1) is 0 Å². The fourth-order valence-electron chi connectivity index (χ4n) is 1.22. The summed E-state index contributed by atoms with van der Waals surface area (Å²) in [5.41, 5.74) is 0. The van der Waals surface area contributed by atoms with Crippen LogP contribution in [-0.4, -0.2) is 55.4 Å². The number of aliphatic hydroxyl groups excluding tert-OH is 1. The largest absolute Gasteiger partial charge is 0.396 e.